The molecular weight excluding hydrogens is 246 g/mol. The van der Waals surface area contributed by atoms with Crippen molar-refractivity contribution in [1.29, 1.82) is 5.26 Å². The van der Waals surface area contributed by atoms with Crippen LogP contribution in [0.5, 0.6) is 0 Å². The summed E-state index contributed by atoms with van der Waals surface area (Å²) in [5.74, 6) is 0. The average molecular weight is 265 g/mol. The third kappa shape index (κ3) is 2.89. The van der Waals surface area contributed by atoms with Gasteiger partial charge in [-0.3, -0.25) is 0 Å². The van der Waals surface area contributed by atoms with Gasteiger partial charge in [0.15, 0.2) is 0 Å². The van der Waals surface area contributed by atoms with Crippen molar-refractivity contribution in [3.05, 3.63) is 58.7 Å². The number of benzene rings is 2. The summed E-state index contributed by atoms with van der Waals surface area (Å²) in [5.41, 5.74) is 6.64. The molecule has 0 N–H and O–H groups in total. The Morgan fingerprint density at radius 1 is 1.15 bits per heavy atom. The first-order chi connectivity index (χ1) is 9.67. The van der Waals surface area contributed by atoms with Gasteiger partial charge in [0.25, 0.3) is 0 Å². The van der Waals surface area contributed by atoms with Gasteiger partial charge < -0.3 is 4.74 Å². The Bertz CT molecular complexity index is 653. The minimum absolute atomic E-state index is 0.724. The third-order valence-corrected chi connectivity index (χ3v) is 3.69. The largest absolute Gasteiger partial charge is 0.384 e. The minimum atomic E-state index is 0.724. The first kappa shape index (κ1) is 14.3. The van der Waals surface area contributed by atoms with Crippen LogP contribution in [0.4, 0.5) is 0 Å². The smallest absolute Gasteiger partial charge is 0.0994 e. The van der Waals surface area contributed by atoms with Crippen LogP contribution in [0.15, 0.2) is 36.4 Å². The highest BCUT2D eigenvalue weighted by Crippen LogP contribution is 2.27. The van der Waals surface area contributed by atoms with E-state index in [-0.39, 0.29) is 0 Å². The van der Waals surface area contributed by atoms with E-state index in [0.29, 0.717) is 0 Å². The molecule has 0 aromatic heterocycles. The van der Waals surface area contributed by atoms with Gasteiger partial charge in [-0.05, 0) is 54.2 Å². The molecule has 0 bridgehead atoms. The SMILES string of the molecule is COCCc1cc(-c2cccc(C#N)c2C)ccc1C. The lowest BCUT2D eigenvalue weighted by Gasteiger charge is -2.11. The lowest BCUT2D eigenvalue weighted by atomic mass is 9.93. The number of rotatable bonds is 4. The second-order valence-corrected chi connectivity index (χ2v) is 4.97. The highest BCUT2D eigenvalue weighted by atomic mass is 16.5. The fraction of sp³-hybridized carbons (Fsp3) is 0.278. The van der Waals surface area contributed by atoms with Gasteiger partial charge in [-0.2, -0.15) is 5.26 Å². The summed E-state index contributed by atoms with van der Waals surface area (Å²) in [5, 5.41) is 9.14. The van der Waals surface area contributed by atoms with Gasteiger partial charge in [0, 0.05) is 7.11 Å². The molecule has 0 aliphatic rings. The van der Waals surface area contributed by atoms with Crippen molar-refractivity contribution in [2.75, 3.05) is 13.7 Å². The highest BCUT2D eigenvalue weighted by Gasteiger charge is 2.07. The van der Waals surface area contributed by atoms with Crippen LogP contribution in [0, 0.1) is 25.2 Å². The van der Waals surface area contributed by atoms with Gasteiger partial charge in [-0.1, -0.05) is 30.3 Å². The number of hydrogen-bond donors (Lipinski definition) is 0. The first-order valence-electron chi connectivity index (χ1n) is 6.76. The van der Waals surface area contributed by atoms with Gasteiger partial charge in [0.05, 0.1) is 18.2 Å². The van der Waals surface area contributed by atoms with E-state index < -0.39 is 0 Å². The normalized spacial score (nSPS) is 10.3. The zero-order valence-corrected chi connectivity index (χ0v) is 12.2. The topological polar surface area (TPSA) is 33.0 Å². The number of aryl methyl sites for hydroxylation is 1. The van der Waals surface area contributed by atoms with Crippen LogP contribution < -0.4 is 0 Å². The van der Waals surface area contributed by atoms with Gasteiger partial charge in [0.1, 0.15) is 0 Å². The summed E-state index contributed by atoms with van der Waals surface area (Å²) in [4.78, 5) is 0. The van der Waals surface area contributed by atoms with Crippen LogP contribution in [0.2, 0.25) is 0 Å². The lowest BCUT2D eigenvalue weighted by Crippen LogP contribution is -1.98. The minimum Gasteiger partial charge on any atom is -0.384 e. The molecule has 0 saturated carbocycles. The molecule has 2 rings (SSSR count). The number of ether oxygens (including phenoxy) is 1. The van der Waals surface area contributed by atoms with Crippen molar-refractivity contribution in [2.24, 2.45) is 0 Å². The maximum atomic E-state index is 9.14. The van der Waals surface area contributed by atoms with Crippen molar-refractivity contribution in [2.45, 2.75) is 20.3 Å². The van der Waals surface area contributed by atoms with Crippen molar-refractivity contribution >= 4 is 0 Å². The summed E-state index contributed by atoms with van der Waals surface area (Å²) in [6.45, 7) is 4.84. The molecule has 0 aliphatic carbocycles. The number of nitriles is 1. The highest BCUT2D eigenvalue weighted by molar-refractivity contribution is 5.70. The number of hydrogen-bond acceptors (Lipinski definition) is 2. The molecule has 0 unspecified atom stereocenters. The third-order valence-electron chi connectivity index (χ3n) is 3.69. The summed E-state index contributed by atoms with van der Waals surface area (Å²) in [6.07, 6.45) is 0.910. The molecule has 102 valence electrons. The van der Waals surface area contributed by atoms with Crippen molar-refractivity contribution in [1.82, 2.24) is 0 Å². The summed E-state index contributed by atoms with van der Waals surface area (Å²) in [7, 11) is 1.72. The first-order valence-corrected chi connectivity index (χ1v) is 6.76. The Labute approximate surface area is 120 Å². The molecule has 0 amide bonds. The zero-order valence-electron chi connectivity index (χ0n) is 12.2. The average Bonchev–Trinajstić information content (AvgIpc) is 2.47. The van der Waals surface area contributed by atoms with E-state index in [1.165, 1.54) is 11.1 Å². The molecule has 2 aromatic rings. The number of nitrogens with zero attached hydrogens (tertiary/aromatic N) is 1. The van der Waals surface area contributed by atoms with Crippen molar-refractivity contribution in [3.8, 4) is 17.2 Å². The van der Waals surface area contributed by atoms with Crippen LogP contribution in [0.25, 0.3) is 11.1 Å². The van der Waals surface area contributed by atoms with Gasteiger partial charge in [-0.25, -0.2) is 0 Å². The lowest BCUT2D eigenvalue weighted by molar-refractivity contribution is 0.202. The second-order valence-electron chi connectivity index (χ2n) is 4.97. The molecule has 0 radical (unpaired) electrons. The fourth-order valence-electron chi connectivity index (χ4n) is 2.39. The fourth-order valence-corrected chi connectivity index (χ4v) is 2.39. The van der Waals surface area contributed by atoms with E-state index in [2.05, 4.69) is 37.3 Å². The predicted octanol–water partition coefficient (Wildman–Crippen LogP) is 4.03. The molecule has 0 aliphatic heterocycles. The molecule has 2 aromatic carbocycles. The molecule has 2 heteroatoms. The Kier molecular flexibility index (Phi) is 4.55. The molecule has 2 nitrogen and oxygen atoms in total. The molecule has 0 fully saturated rings. The molecule has 20 heavy (non-hydrogen) atoms. The number of methoxy groups -OCH3 is 1. The van der Waals surface area contributed by atoms with Crippen LogP contribution in [-0.2, 0) is 11.2 Å². The maximum absolute atomic E-state index is 9.14. The molecule has 0 spiro atoms. The standard InChI is InChI=1S/C18H19NO/c1-13-7-8-16(11-15(13)9-10-20-3)18-6-4-5-17(12-19)14(18)2/h4-8,11H,9-10H2,1-3H3. The summed E-state index contributed by atoms with van der Waals surface area (Å²) in [6, 6.07) is 14.6. The predicted molar refractivity (Wildman–Crippen MR) is 81.6 cm³/mol. The van der Waals surface area contributed by atoms with Crippen molar-refractivity contribution < 1.29 is 4.74 Å². The quantitative estimate of drug-likeness (QED) is 0.836. The van der Waals surface area contributed by atoms with E-state index in [0.717, 1.165) is 35.3 Å². The summed E-state index contributed by atoms with van der Waals surface area (Å²) < 4.78 is 5.16. The van der Waals surface area contributed by atoms with E-state index >= 15 is 0 Å². The van der Waals surface area contributed by atoms with Crippen LogP contribution in [-0.4, -0.2) is 13.7 Å². The van der Waals surface area contributed by atoms with Crippen LogP contribution in [0.3, 0.4) is 0 Å². The van der Waals surface area contributed by atoms with E-state index in [1.807, 2.05) is 19.1 Å². The van der Waals surface area contributed by atoms with Gasteiger partial charge >= 0.3 is 0 Å². The monoisotopic (exact) mass is 265 g/mol. The molecule has 0 atom stereocenters. The molecule has 0 heterocycles. The maximum Gasteiger partial charge on any atom is 0.0994 e. The molecule has 0 saturated heterocycles. The summed E-state index contributed by atoms with van der Waals surface area (Å²) >= 11 is 0. The van der Waals surface area contributed by atoms with E-state index in [4.69, 9.17) is 10.00 Å². The zero-order chi connectivity index (χ0) is 14.5. The van der Waals surface area contributed by atoms with E-state index in [9.17, 15) is 0 Å². The van der Waals surface area contributed by atoms with Gasteiger partial charge in [0.2, 0.25) is 0 Å². The Morgan fingerprint density at radius 2 is 1.95 bits per heavy atom. The Hall–Kier alpha value is -2.11. The Morgan fingerprint density at radius 3 is 2.65 bits per heavy atom. The van der Waals surface area contributed by atoms with Gasteiger partial charge in [-0.15, -0.1) is 0 Å². The van der Waals surface area contributed by atoms with Crippen LogP contribution >= 0.6 is 0 Å². The van der Waals surface area contributed by atoms with Crippen LogP contribution in [0.1, 0.15) is 22.3 Å². The Balaban J connectivity index is 2.46. The second kappa shape index (κ2) is 6.36. The van der Waals surface area contributed by atoms with E-state index in [1.54, 1.807) is 7.11 Å². The van der Waals surface area contributed by atoms with Crippen molar-refractivity contribution in [3.63, 3.8) is 0 Å². The molecular formula is C18H19NO.